The van der Waals surface area contributed by atoms with Gasteiger partial charge in [0.25, 0.3) is 0 Å². The van der Waals surface area contributed by atoms with E-state index in [1.54, 1.807) is 17.4 Å². The number of para-hydroxylation sites is 1. The number of benzene rings is 2. The van der Waals surface area contributed by atoms with Gasteiger partial charge in [0, 0.05) is 16.1 Å². The van der Waals surface area contributed by atoms with Gasteiger partial charge in [-0.05, 0) is 37.6 Å². The fourth-order valence-electron chi connectivity index (χ4n) is 2.19. The van der Waals surface area contributed by atoms with Crippen molar-refractivity contribution in [2.24, 2.45) is 0 Å². The normalized spacial score (nSPS) is 10.7. The lowest BCUT2D eigenvalue weighted by Gasteiger charge is -2.05. The van der Waals surface area contributed by atoms with Gasteiger partial charge < -0.3 is 5.32 Å². The van der Waals surface area contributed by atoms with Crippen LogP contribution in [-0.2, 0) is 0 Å². The molecule has 0 saturated carbocycles. The van der Waals surface area contributed by atoms with Gasteiger partial charge in [0.05, 0.1) is 15.7 Å². The average molecular weight is 349 g/mol. The first-order valence-corrected chi connectivity index (χ1v) is 8.37. The van der Waals surface area contributed by atoms with E-state index < -0.39 is 0 Å². The molecule has 0 fully saturated rings. The highest BCUT2D eigenvalue weighted by atomic mass is 35.5. The largest absolute Gasteiger partial charge is 0.331 e. The van der Waals surface area contributed by atoms with Gasteiger partial charge in [0.2, 0.25) is 0 Å². The molecule has 5 heteroatoms. The van der Waals surface area contributed by atoms with Crippen LogP contribution < -0.4 is 5.32 Å². The quantitative estimate of drug-likeness (QED) is 0.585. The number of nitrogens with one attached hydrogen (secondary N) is 1. The van der Waals surface area contributed by atoms with Gasteiger partial charge in [-0.2, -0.15) is 0 Å². The Morgan fingerprint density at radius 2 is 1.77 bits per heavy atom. The number of anilines is 2. The topological polar surface area (TPSA) is 24.9 Å². The van der Waals surface area contributed by atoms with Crippen LogP contribution in [0.15, 0.2) is 42.5 Å². The van der Waals surface area contributed by atoms with Crippen molar-refractivity contribution in [3.8, 4) is 11.3 Å². The summed E-state index contributed by atoms with van der Waals surface area (Å²) >= 11 is 13.7. The lowest BCUT2D eigenvalue weighted by molar-refractivity contribution is 1.34. The van der Waals surface area contributed by atoms with Crippen LogP contribution in [-0.4, -0.2) is 4.98 Å². The molecule has 3 aromatic rings. The van der Waals surface area contributed by atoms with E-state index in [-0.39, 0.29) is 0 Å². The van der Waals surface area contributed by atoms with Crippen molar-refractivity contribution in [1.82, 2.24) is 4.98 Å². The zero-order valence-corrected chi connectivity index (χ0v) is 14.5. The fourth-order valence-corrected chi connectivity index (χ4v) is 3.34. The summed E-state index contributed by atoms with van der Waals surface area (Å²) in [4.78, 5) is 5.83. The molecule has 0 amide bonds. The first-order chi connectivity index (χ1) is 10.5. The number of aryl methyl sites for hydroxylation is 2. The van der Waals surface area contributed by atoms with Crippen molar-refractivity contribution >= 4 is 45.4 Å². The summed E-state index contributed by atoms with van der Waals surface area (Å²) in [6.07, 6.45) is 0. The summed E-state index contributed by atoms with van der Waals surface area (Å²) in [5.41, 5.74) is 4.16. The predicted octanol–water partition coefficient (Wildman–Crippen LogP) is 6.48. The molecule has 0 aliphatic heterocycles. The van der Waals surface area contributed by atoms with E-state index in [0.29, 0.717) is 10.0 Å². The highest BCUT2D eigenvalue weighted by Crippen LogP contribution is 2.35. The van der Waals surface area contributed by atoms with E-state index in [4.69, 9.17) is 28.2 Å². The van der Waals surface area contributed by atoms with Crippen molar-refractivity contribution in [2.75, 3.05) is 5.32 Å². The maximum atomic E-state index is 6.10. The third-order valence-corrected chi connectivity index (χ3v) is 5.00. The molecule has 112 valence electrons. The van der Waals surface area contributed by atoms with Crippen molar-refractivity contribution in [2.45, 2.75) is 13.8 Å². The van der Waals surface area contributed by atoms with Gasteiger partial charge in [-0.15, -0.1) is 11.3 Å². The van der Waals surface area contributed by atoms with E-state index in [1.807, 2.05) is 30.3 Å². The third kappa shape index (κ3) is 3.12. The fraction of sp³-hybridized carbons (Fsp3) is 0.118. The summed E-state index contributed by atoms with van der Waals surface area (Å²) in [6.45, 7) is 4.13. The first kappa shape index (κ1) is 15.3. The molecular formula is C17H14Cl2N2S. The molecular weight excluding hydrogens is 335 g/mol. The highest BCUT2D eigenvalue weighted by molar-refractivity contribution is 7.16. The van der Waals surface area contributed by atoms with Crippen molar-refractivity contribution in [3.05, 3.63) is 63.0 Å². The van der Waals surface area contributed by atoms with Crippen LogP contribution in [0.3, 0.4) is 0 Å². The summed E-state index contributed by atoms with van der Waals surface area (Å²) in [6, 6.07) is 13.7. The van der Waals surface area contributed by atoms with Gasteiger partial charge in [0.1, 0.15) is 0 Å². The number of halogens is 2. The van der Waals surface area contributed by atoms with Crippen molar-refractivity contribution in [1.29, 1.82) is 0 Å². The summed E-state index contributed by atoms with van der Waals surface area (Å²) in [5, 5.41) is 5.34. The summed E-state index contributed by atoms with van der Waals surface area (Å²) < 4.78 is 0. The molecule has 2 nitrogen and oxygen atoms in total. The monoisotopic (exact) mass is 348 g/mol. The minimum Gasteiger partial charge on any atom is -0.331 e. The van der Waals surface area contributed by atoms with Crippen LogP contribution in [0, 0.1) is 13.8 Å². The number of hydrogen-bond acceptors (Lipinski definition) is 3. The van der Waals surface area contributed by atoms with E-state index in [0.717, 1.165) is 27.0 Å². The Balaban J connectivity index is 1.94. The van der Waals surface area contributed by atoms with Crippen molar-refractivity contribution < 1.29 is 0 Å². The Bertz CT molecular complexity index is 827. The summed E-state index contributed by atoms with van der Waals surface area (Å²) in [5.74, 6) is 0. The molecule has 0 radical (unpaired) electrons. The van der Waals surface area contributed by atoms with Gasteiger partial charge in [-0.25, -0.2) is 4.98 Å². The van der Waals surface area contributed by atoms with E-state index in [2.05, 4.69) is 25.2 Å². The average Bonchev–Trinajstić information content (AvgIpc) is 2.85. The third-order valence-electron chi connectivity index (χ3n) is 3.38. The van der Waals surface area contributed by atoms with Crippen LogP contribution in [0.4, 0.5) is 10.8 Å². The van der Waals surface area contributed by atoms with Gasteiger partial charge in [-0.1, -0.05) is 47.5 Å². The van der Waals surface area contributed by atoms with Crippen LogP contribution in [0.25, 0.3) is 11.3 Å². The molecule has 22 heavy (non-hydrogen) atoms. The number of nitrogens with zero attached hydrogens (tertiary/aromatic N) is 1. The second-order valence-electron chi connectivity index (χ2n) is 4.99. The maximum absolute atomic E-state index is 6.10. The van der Waals surface area contributed by atoms with Gasteiger partial charge >= 0.3 is 0 Å². The van der Waals surface area contributed by atoms with Gasteiger partial charge in [0.15, 0.2) is 5.13 Å². The molecule has 0 saturated heterocycles. The minimum atomic E-state index is 0.542. The molecule has 0 unspecified atom stereocenters. The Hall–Kier alpha value is -1.55. The van der Waals surface area contributed by atoms with Crippen molar-refractivity contribution in [3.63, 3.8) is 0 Å². The standard InChI is InChI=1S/C17H14Cl2N2S/c1-10-5-3-4-6-15(10)20-17-21-16(11(2)22-17)12-7-8-13(18)14(19)9-12/h3-9H,1-2H3,(H,20,21). The molecule has 0 spiro atoms. The SMILES string of the molecule is Cc1ccccc1Nc1nc(-c2ccc(Cl)c(Cl)c2)c(C)s1. The number of aromatic nitrogens is 1. The molecule has 1 N–H and O–H groups in total. The Labute approximate surface area is 143 Å². The Kier molecular flexibility index (Phi) is 4.39. The smallest absolute Gasteiger partial charge is 0.187 e. The molecule has 0 bridgehead atoms. The van der Waals surface area contributed by atoms with E-state index in [9.17, 15) is 0 Å². The lowest BCUT2D eigenvalue weighted by atomic mass is 10.1. The Morgan fingerprint density at radius 3 is 2.50 bits per heavy atom. The first-order valence-electron chi connectivity index (χ1n) is 6.80. The number of rotatable bonds is 3. The molecule has 1 heterocycles. The lowest BCUT2D eigenvalue weighted by Crippen LogP contribution is -1.92. The molecule has 2 aromatic carbocycles. The molecule has 0 aliphatic rings. The highest BCUT2D eigenvalue weighted by Gasteiger charge is 2.12. The second kappa shape index (κ2) is 6.29. The maximum Gasteiger partial charge on any atom is 0.187 e. The Morgan fingerprint density at radius 1 is 1.00 bits per heavy atom. The van der Waals surface area contributed by atoms with E-state index >= 15 is 0 Å². The molecule has 3 rings (SSSR count). The molecule has 0 atom stereocenters. The predicted molar refractivity (Wildman–Crippen MR) is 96.8 cm³/mol. The summed E-state index contributed by atoms with van der Waals surface area (Å²) in [7, 11) is 0. The van der Waals surface area contributed by atoms with Gasteiger partial charge in [-0.3, -0.25) is 0 Å². The van der Waals surface area contributed by atoms with Crippen LogP contribution in [0.5, 0.6) is 0 Å². The van der Waals surface area contributed by atoms with Crippen LogP contribution >= 0.6 is 34.5 Å². The van der Waals surface area contributed by atoms with Crippen LogP contribution in [0.1, 0.15) is 10.4 Å². The zero-order valence-electron chi connectivity index (χ0n) is 12.2. The number of thiazole rings is 1. The molecule has 1 aromatic heterocycles. The second-order valence-corrected chi connectivity index (χ2v) is 7.01. The molecule has 0 aliphatic carbocycles. The zero-order chi connectivity index (χ0) is 15.7. The minimum absolute atomic E-state index is 0.542. The number of hydrogen-bond donors (Lipinski definition) is 1. The van der Waals surface area contributed by atoms with Crippen LogP contribution in [0.2, 0.25) is 10.0 Å². The van der Waals surface area contributed by atoms with E-state index in [1.165, 1.54) is 5.56 Å².